The van der Waals surface area contributed by atoms with Crippen molar-refractivity contribution in [2.75, 3.05) is 10.2 Å². The Kier molecular flexibility index (Phi) is 6.28. The fourth-order valence-electron chi connectivity index (χ4n) is 3.67. The third-order valence-corrected chi connectivity index (χ3v) is 5.81. The first-order chi connectivity index (χ1) is 15.4. The minimum Gasteiger partial charge on any atom is -0.326 e. The van der Waals surface area contributed by atoms with Crippen LogP contribution >= 0.6 is 12.2 Å². The van der Waals surface area contributed by atoms with Gasteiger partial charge in [-0.1, -0.05) is 41.5 Å². The molecule has 0 spiro atoms. The summed E-state index contributed by atoms with van der Waals surface area (Å²) in [5, 5.41) is 3.27. The highest BCUT2D eigenvalue weighted by Gasteiger charge is 2.44. The summed E-state index contributed by atoms with van der Waals surface area (Å²) in [6.07, 6.45) is 3.39. The number of benzene rings is 2. The number of pyridine rings is 1. The van der Waals surface area contributed by atoms with Crippen molar-refractivity contribution in [3.8, 4) is 0 Å². The molecule has 1 N–H and O–H groups in total. The van der Waals surface area contributed by atoms with Crippen LogP contribution in [0.4, 0.5) is 11.4 Å². The maximum atomic E-state index is 13.4. The Bertz CT molecular complexity index is 1130. The number of hydrogen-bond acceptors (Lipinski definition) is 4. The maximum absolute atomic E-state index is 13.4. The largest absolute Gasteiger partial charge is 0.326 e. The first kappa shape index (κ1) is 21.6. The van der Waals surface area contributed by atoms with Crippen LogP contribution in [0.5, 0.6) is 0 Å². The lowest BCUT2D eigenvalue weighted by Crippen LogP contribution is -2.38. The molecule has 1 fully saturated rings. The van der Waals surface area contributed by atoms with Crippen LogP contribution in [0.2, 0.25) is 0 Å². The summed E-state index contributed by atoms with van der Waals surface area (Å²) in [4.78, 5) is 33.7. The van der Waals surface area contributed by atoms with Gasteiger partial charge >= 0.3 is 0 Å². The predicted octanol–water partition coefficient (Wildman–Crippen LogP) is 4.23. The molecule has 0 saturated carbocycles. The molecule has 3 aromatic rings. The molecular formula is C25H24N4O2S. The minimum absolute atomic E-state index is 0.00966. The number of amides is 2. The van der Waals surface area contributed by atoms with Gasteiger partial charge in [-0.3, -0.25) is 19.5 Å². The van der Waals surface area contributed by atoms with E-state index >= 15 is 0 Å². The van der Waals surface area contributed by atoms with E-state index in [4.69, 9.17) is 12.2 Å². The standard InChI is InChI=1S/C25H24N4O2S/c1-17-5-9-20(10-6-17)27-23(30)14-22-24(31)28(16-19-4-3-13-26-15-19)25(32)29(22)21-11-7-18(2)8-12-21/h3-13,15,22H,14,16H2,1-2H3,(H,27,30). The van der Waals surface area contributed by atoms with Crippen molar-refractivity contribution < 1.29 is 9.59 Å². The van der Waals surface area contributed by atoms with Crippen molar-refractivity contribution in [1.29, 1.82) is 0 Å². The molecule has 1 atom stereocenters. The molecule has 1 aliphatic rings. The van der Waals surface area contributed by atoms with Crippen LogP contribution in [0.3, 0.4) is 0 Å². The highest BCUT2D eigenvalue weighted by molar-refractivity contribution is 7.80. The zero-order valence-electron chi connectivity index (χ0n) is 18.0. The van der Waals surface area contributed by atoms with Gasteiger partial charge in [0.2, 0.25) is 5.91 Å². The molecule has 1 aliphatic heterocycles. The SMILES string of the molecule is Cc1ccc(NC(=O)CC2C(=O)N(Cc3cccnc3)C(=S)N2c2ccc(C)cc2)cc1. The first-order valence-electron chi connectivity index (χ1n) is 10.4. The van der Waals surface area contributed by atoms with Crippen LogP contribution in [0.15, 0.2) is 73.1 Å². The first-order valence-corrected chi connectivity index (χ1v) is 10.8. The summed E-state index contributed by atoms with van der Waals surface area (Å²) in [5.41, 5.74) is 4.57. The summed E-state index contributed by atoms with van der Waals surface area (Å²) in [7, 11) is 0. The summed E-state index contributed by atoms with van der Waals surface area (Å²) in [6.45, 7) is 4.29. The zero-order chi connectivity index (χ0) is 22.7. The predicted molar refractivity (Wildman–Crippen MR) is 129 cm³/mol. The summed E-state index contributed by atoms with van der Waals surface area (Å²) in [6, 6.07) is 18.3. The maximum Gasteiger partial charge on any atom is 0.252 e. The summed E-state index contributed by atoms with van der Waals surface area (Å²) < 4.78 is 0. The van der Waals surface area contributed by atoms with Crippen LogP contribution in [-0.4, -0.2) is 32.9 Å². The van der Waals surface area contributed by atoms with Gasteiger partial charge in [0.25, 0.3) is 5.91 Å². The second kappa shape index (κ2) is 9.28. The Morgan fingerprint density at radius 3 is 2.31 bits per heavy atom. The van der Waals surface area contributed by atoms with Crippen LogP contribution < -0.4 is 10.2 Å². The normalized spacial score (nSPS) is 15.9. The molecule has 1 unspecified atom stereocenters. The Morgan fingerprint density at radius 1 is 1.03 bits per heavy atom. The average molecular weight is 445 g/mol. The van der Waals surface area contributed by atoms with Gasteiger partial charge < -0.3 is 10.2 Å². The number of aromatic nitrogens is 1. The number of carbonyl (C=O) groups excluding carboxylic acids is 2. The van der Waals surface area contributed by atoms with Crippen molar-refractivity contribution in [3.05, 3.63) is 89.7 Å². The molecule has 2 heterocycles. The third-order valence-electron chi connectivity index (χ3n) is 5.39. The number of nitrogens with one attached hydrogen (secondary N) is 1. The van der Waals surface area contributed by atoms with Crippen LogP contribution in [0.1, 0.15) is 23.1 Å². The van der Waals surface area contributed by atoms with Gasteiger partial charge in [0.05, 0.1) is 13.0 Å². The van der Waals surface area contributed by atoms with Crippen molar-refractivity contribution >= 4 is 40.5 Å². The zero-order valence-corrected chi connectivity index (χ0v) is 18.8. The number of nitrogens with zero attached hydrogens (tertiary/aromatic N) is 3. The molecule has 6 nitrogen and oxygen atoms in total. The van der Waals surface area contributed by atoms with Crippen molar-refractivity contribution in [3.63, 3.8) is 0 Å². The van der Waals surface area contributed by atoms with Gasteiger partial charge in [0.15, 0.2) is 5.11 Å². The molecule has 1 aromatic heterocycles. The summed E-state index contributed by atoms with van der Waals surface area (Å²) >= 11 is 5.71. The van der Waals surface area contributed by atoms with Crippen molar-refractivity contribution in [2.45, 2.75) is 32.9 Å². The highest BCUT2D eigenvalue weighted by Crippen LogP contribution is 2.29. The number of anilines is 2. The number of rotatable bonds is 6. The number of carbonyl (C=O) groups is 2. The fraction of sp³-hybridized carbons (Fsp3) is 0.200. The van der Waals surface area contributed by atoms with E-state index in [1.54, 1.807) is 22.2 Å². The molecule has 1 saturated heterocycles. The molecule has 2 aromatic carbocycles. The molecule has 0 radical (unpaired) electrons. The van der Waals surface area contributed by atoms with E-state index in [0.717, 1.165) is 22.4 Å². The third kappa shape index (κ3) is 4.68. The fourth-order valence-corrected chi connectivity index (χ4v) is 4.05. The molecule has 7 heteroatoms. The van der Waals surface area contributed by atoms with Crippen molar-refractivity contribution in [2.24, 2.45) is 0 Å². The van der Waals surface area contributed by atoms with Gasteiger partial charge in [-0.2, -0.15) is 0 Å². The Labute approximate surface area is 192 Å². The summed E-state index contributed by atoms with van der Waals surface area (Å²) in [5.74, 6) is -0.436. The lowest BCUT2D eigenvalue weighted by molar-refractivity contribution is -0.129. The number of hydrogen-bond donors (Lipinski definition) is 1. The Hall–Kier alpha value is -3.58. The molecule has 0 bridgehead atoms. The monoisotopic (exact) mass is 444 g/mol. The molecular weight excluding hydrogens is 420 g/mol. The topological polar surface area (TPSA) is 65.5 Å². The van der Waals surface area contributed by atoms with E-state index in [2.05, 4.69) is 10.3 Å². The van der Waals surface area contributed by atoms with Gasteiger partial charge in [0, 0.05) is 23.8 Å². The van der Waals surface area contributed by atoms with Gasteiger partial charge in [-0.15, -0.1) is 0 Å². The van der Waals surface area contributed by atoms with Crippen molar-refractivity contribution in [1.82, 2.24) is 9.88 Å². The molecule has 2 amide bonds. The quantitative estimate of drug-likeness (QED) is 0.577. The van der Waals surface area contributed by atoms with E-state index in [1.807, 2.05) is 74.5 Å². The molecule has 32 heavy (non-hydrogen) atoms. The minimum atomic E-state index is -0.715. The van der Waals surface area contributed by atoms with Gasteiger partial charge in [0.1, 0.15) is 6.04 Å². The molecule has 0 aliphatic carbocycles. The Balaban J connectivity index is 1.59. The molecule has 162 valence electrons. The number of thiocarbonyl (C=S) groups is 1. The second-order valence-corrected chi connectivity index (χ2v) is 8.27. The van der Waals surface area contributed by atoms with E-state index in [0.29, 0.717) is 17.3 Å². The second-order valence-electron chi connectivity index (χ2n) is 7.91. The van der Waals surface area contributed by atoms with E-state index in [9.17, 15) is 9.59 Å². The number of aryl methyl sites for hydroxylation is 2. The average Bonchev–Trinajstić information content (AvgIpc) is 3.01. The smallest absolute Gasteiger partial charge is 0.252 e. The van der Waals surface area contributed by atoms with Crippen LogP contribution in [-0.2, 0) is 16.1 Å². The van der Waals surface area contributed by atoms with Crippen LogP contribution in [0, 0.1) is 13.8 Å². The van der Waals surface area contributed by atoms with E-state index < -0.39 is 6.04 Å². The van der Waals surface area contributed by atoms with E-state index in [1.165, 1.54) is 0 Å². The lowest BCUT2D eigenvalue weighted by atomic mass is 10.1. The molecule has 4 rings (SSSR count). The van der Waals surface area contributed by atoms with E-state index in [-0.39, 0.29) is 18.2 Å². The lowest BCUT2D eigenvalue weighted by Gasteiger charge is -2.24. The van der Waals surface area contributed by atoms with Gasteiger partial charge in [-0.25, -0.2) is 0 Å². The highest BCUT2D eigenvalue weighted by atomic mass is 32.1. The Morgan fingerprint density at radius 2 is 1.69 bits per heavy atom. The van der Waals surface area contributed by atoms with Gasteiger partial charge in [-0.05, 0) is 62.0 Å². The van der Waals surface area contributed by atoms with Crippen LogP contribution in [0.25, 0.3) is 0 Å².